The molecular formula is C14H23NO2. The highest BCUT2D eigenvalue weighted by Crippen LogP contribution is 2.15. The quantitative estimate of drug-likeness (QED) is 0.704. The molecule has 0 bridgehead atoms. The Hall–Kier alpha value is -1.22. The van der Waals surface area contributed by atoms with Crippen LogP contribution in [0.4, 0.5) is 5.69 Å². The molecular weight excluding hydrogens is 214 g/mol. The molecule has 0 heterocycles. The molecule has 17 heavy (non-hydrogen) atoms. The molecule has 1 N–H and O–H groups in total. The van der Waals surface area contributed by atoms with Gasteiger partial charge in [0.25, 0.3) is 0 Å². The van der Waals surface area contributed by atoms with Crippen LogP contribution in [0.3, 0.4) is 0 Å². The average molecular weight is 237 g/mol. The summed E-state index contributed by atoms with van der Waals surface area (Å²) in [5, 5.41) is 3.39. The Morgan fingerprint density at radius 2 is 1.82 bits per heavy atom. The summed E-state index contributed by atoms with van der Waals surface area (Å²) in [5.74, 6) is 1.62. The first kappa shape index (κ1) is 13.8. The Balaban J connectivity index is 2.29. The van der Waals surface area contributed by atoms with E-state index in [2.05, 4.69) is 19.2 Å². The Labute approximate surface area is 104 Å². The third-order valence-corrected chi connectivity index (χ3v) is 2.46. The van der Waals surface area contributed by atoms with Gasteiger partial charge in [-0.3, -0.25) is 0 Å². The van der Waals surface area contributed by atoms with Gasteiger partial charge in [-0.15, -0.1) is 0 Å². The van der Waals surface area contributed by atoms with Crippen LogP contribution in [0.5, 0.6) is 5.75 Å². The number of methoxy groups -OCH3 is 1. The minimum Gasteiger partial charge on any atom is -0.491 e. The SMILES string of the molecule is COCCOc1ccc(NCCC(C)C)cc1. The van der Waals surface area contributed by atoms with Gasteiger partial charge in [-0.2, -0.15) is 0 Å². The van der Waals surface area contributed by atoms with E-state index in [4.69, 9.17) is 9.47 Å². The zero-order valence-electron chi connectivity index (χ0n) is 11.0. The molecule has 1 aromatic carbocycles. The maximum Gasteiger partial charge on any atom is 0.119 e. The van der Waals surface area contributed by atoms with Crippen molar-refractivity contribution < 1.29 is 9.47 Å². The fraction of sp³-hybridized carbons (Fsp3) is 0.571. The molecule has 0 saturated heterocycles. The standard InChI is InChI=1S/C14H23NO2/c1-12(2)8-9-15-13-4-6-14(7-5-13)17-11-10-16-3/h4-7,12,15H,8-11H2,1-3H3. The van der Waals surface area contributed by atoms with Gasteiger partial charge in [0.05, 0.1) is 6.61 Å². The van der Waals surface area contributed by atoms with Crippen molar-refractivity contribution in [2.75, 3.05) is 32.2 Å². The lowest BCUT2D eigenvalue weighted by Crippen LogP contribution is -2.05. The second-order valence-electron chi connectivity index (χ2n) is 4.47. The van der Waals surface area contributed by atoms with Crippen LogP contribution in [-0.2, 0) is 4.74 Å². The summed E-state index contributed by atoms with van der Waals surface area (Å²) in [4.78, 5) is 0. The molecule has 0 aliphatic heterocycles. The molecule has 0 fully saturated rings. The smallest absolute Gasteiger partial charge is 0.119 e. The first-order valence-electron chi connectivity index (χ1n) is 6.18. The number of ether oxygens (including phenoxy) is 2. The van der Waals surface area contributed by atoms with E-state index in [-0.39, 0.29) is 0 Å². The summed E-state index contributed by atoms with van der Waals surface area (Å²) in [7, 11) is 1.67. The molecule has 3 heteroatoms. The van der Waals surface area contributed by atoms with Crippen LogP contribution in [-0.4, -0.2) is 26.9 Å². The van der Waals surface area contributed by atoms with Gasteiger partial charge < -0.3 is 14.8 Å². The molecule has 0 saturated carbocycles. The van der Waals surface area contributed by atoms with Gasteiger partial charge in [-0.1, -0.05) is 13.8 Å². The van der Waals surface area contributed by atoms with E-state index in [1.807, 2.05) is 24.3 Å². The van der Waals surface area contributed by atoms with Gasteiger partial charge in [0.15, 0.2) is 0 Å². The van der Waals surface area contributed by atoms with Crippen LogP contribution in [0.15, 0.2) is 24.3 Å². The molecule has 0 unspecified atom stereocenters. The number of anilines is 1. The molecule has 3 nitrogen and oxygen atoms in total. The van der Waals surface area contributed by atoms with Crippen LogP contribution in [0.25, 0.3) is 0 Å². The number of hydrogen-bond acceptors (Lipinski definition) is 3. The van der Waals surface area contributed by atoms with Gasteiger partial charge >= 0.3 is 0 Å². The third kappa shape index (κ3) is 6.17. The highest BCUT2D eigenvalue weighted by Gasteiger charge is 1.96. The van der Waals surface area contributed by atoms with Crippen LogP contribution in [0.1, 0.15) is 20.3 Å². The molecule has 0 spiro atoms. The largest absolute Gasteiger partial charge is 0.491 e. The van der Waals surface area contributed by atoms with Crippen LogP contribution < -0.4 is 10.1 Å². The van der Waals surface area contributed by atoms with Crippen molar-refractivity contribution in [2.45, 2.75) is 20.3 Å². The van der Waals surface area contributed by atoms with E-state index in [1.165, 1.54) is 6.42 Å². The molecule has 96 valence electrons. The molecule has 1 aromatic rings. The Bertz CT molecular complexity index is 296. The molecule has 0 aromatic heterocycles. The lowest BCUT2D eigenvalue weighted by atomic mass is 10.1. The maximum absolute atomic E-state index is 5.49. The second kappa shape index (κ2) is 7.96. The van der Waals surface area contributed by atoms with E-state index >= 15 is 0 Å². The third-order valence-electron chi connectivity index (χ3n) is 2.46. The number of rotatable bonds is 8. The molecule has 0 radical (unpaired) electrons. The molecule has 0 aliphatic carbocycles. The van der Waals surface area contributed by atoms with Crippen molar-refractivity contribution in [1.29, 1.82) is 0 Å². The van der Waals surface area contributed by atoms with Crippen molar-refractivity contribution in [1.82, 2.24) is 0 Å². The van der Waals surface area contributed by atoms with Crippen molar-refractivity contribution in [3.05, 3.63) is 24.3 Å². The number of hydrogen-bond donors (Lipinski definition) is 1. The van der Waals surface area contributed by atoms with Crippen LogP contribution >= 0.6 is 0 Å². The zero-order chi connectivity index (χ0) is 12.5. The Morgan fingerprint density at radius 1 is 1.12 bits per heavy atom. The first-order chi connectivity index (χ1) is 8.22. The van der Waals surface area contributed by atoms with E-state index in [1.54, 1.807) is 7.11 Å². The normalized spacial score (nSPS) is 10.6. The lowest BCUT2D eigenvalue weighted by Gasteiger charge is -2.09. The van der Waals surface area contributed by atoms with Crippen molar-refractivity contribution in [3.63, 3.8) is 0 Å². The number of nitrogens with one attached hydrogen (secondary N) is 1. The van der Waals surface area contributed by atoms with Gasteiger partial charge in [0.2, 0.25) is 0 Å². The topological polar surface area (TPSA) is 30.5 Å². The lowest BCUT2D eigenvalue weighted by molar-refractivity contribution is 0.146. The monoisotopic (exact) mass is 237 g/mol. The summed E-state index contributed by atoms with van der Waals surface area (Å²) in [6.07, 6.45) is 1.19. The molecule has 0 amide bonds. The summed E-state index contributed by atoms with van der Waals surface area (Å²) in [5.41, 5.74) is 1.14. The van der Waals surface area contributed by atoms with Gasteiger partial charge in [-0.25, -0.2) is 0 Å². The summed E-state index contributed by atoms with van der Waals surface area (Å²) < 4.78 is 10.4. The van der Waals surface area contributed by atoms with E-state index in [0.29, 0.717) is 13.2 Å². The minimum absolute atomic E-state index is 0.594. The van der Waals surface area contributed by atoms with Gasteiger partial charge in [0, 0.05) is 19.3 Å². The zero-order valence-corrected chi connectivity index (χ0v) is 11.0. The second-order valence-corrected chi connectivity index (χ2v) is 4.47. The summed E-state index contributed by atoms with van der Waals surface area (Å²) >= 11 is 0. The van der Waals surface area contributed by atoms with Crippen LogP contribution in [0, 0.1) is 5.92 Å². The fourth-order valence-electron chi connectivity index (χ4n) is 1.42. The van der Waals surface area contributed by atoms with E-state index in [9.17, 15) is 0 Å². The predicted molar refractivity (Wildman–Crippen MR) is 71.8 cm³/mol. The maximum atomic E-state index is 5.49. The predicted octanol–water partition coefficient (Wildman–Crippen LogP) is 3.17. The Morgan fingerprint density at radius 3 is 2.41 bits per heavy atom. The molecule has 0 aliphatic rings. The summed E-state index contributed by atoms with van der Waals surface area (Å²) in [6, 6.07) is 8.05. The molecule has 0 atom stereocenters. The van der Waals surface area contributed by atoms with Gasteiger partial charge in [-0.05, 0) is 36.6 Å². The summed E-state index contributed by atoms with van der Waals surface area (Å²) in [6.45, 7) is 6.69. The highest BCUT2D eigenvalue weighted by atomic mass is 16.5. The van der Waals surface area contributed by atoms with Crippen molar-refractivity contribution in [3.8, 4) is 5.75 Å². The fourth-order valence-corrected chi connectivity index (χ4v) is 1.42. The Kier molecular flexibility index (Phi) is 6.48. The van der Waals surface area contributed by atoms with Crippen molar-refractivity contribution >= 4 is 5.69 Å². The van der Waals surface area contributed by atoms with Gasteiger partial charge in [0.1, 0.15) is 12.4 Å². The molecule has 1 rings (SSSR count). The average Bonchev–Trinajstić information content (AvgIpc) is 2.31. The first-order valence-corrected chi connectivity index (χ1v) is 6.18. The number of benzene rings is 1. The van der Waals surface area contributed by atoms with Crippen LogP contribution in [0.2, 0.25) is 0 Å². The van der Waals surface area contributed by atoms with E-state index < -0.39 is 0 Å². The highest BCUT2D eigenvalue weighted by molar-refractivity contribution is 5.46. The van der Waals surface area contributed by atoms with E-state index in [0.717, 1.165) is 23.9 Å². The van der Waals surface area contributed by atoms with Crippen molar-refractivity contribution in [2.24, 2.45) is 5.92 Å². The minimum atomic E-state index is 0.594.